The maximum Gasteiger partial charge on any atom is 0.286 e. The van der Waals surface area contributed by atoms with E-state index in [1.54, 1.807) is 0 Å². The van der Waals surface area contributed by atoms with Crippen molar-refractivity contribution in [3.05, 3.63) is 35.8 Å². The zero-order valence-corrected chi connectivity index (χ0v) is 11.5. The van der Waals surface area contributed by atoms with Gasteiger partial charge in [0.1, 0.15) is 0 Å². The molecule has 20 heavy (non-hydrogen) atoms. The summed E-state index contributed by atoms with van der Waals surface area (Å²) in [5.41, 5.74) is 7.12. The Morgan fingerprint density at radius 2 is 1.95 bits per heavy atom. The second-order valence-corrected chi connectivity index (χ2v) is 5.39. The first-order valence-corrected chi connectivity index (χ1v) is 6.90. The Bertz CT molecular complexity index is 647. The number of nitrogens with zero attached hydrogens (tertiary/aromatic N) is 3. The number of piperidine rings is 1. The molecule has 0 atom stereocenters. The Labute approximate surface area is 117 Å². The lowest BCUT2D eigenvalue weighted by Crippen LogP contribution is -2.30. The number of carbonyl (C=O) groups excluding carboxylic acids is 1. The number of rotatable bonds is 2. The Balaban J connectivity index is 2.10. The van der Waals surface area contributed by atoms with Crippen LogP contribution in [0.3, 0.4) is 0 Å². The number of hydrogen-bond acceptors (Lipinski definition) is 4. The smallest absolute Gasteiger partial charge is 0.286 e. The lowest BCUT2D eigenvalue weighted by Gasteiger charge is -2.29. The van der Waals surface area contributed by atoms with Gasteiger partial charge in [0.15, 0.2) is 0 Å². The van der Waals surface area contributed by atoms with Gasteiger partial charge < -0.3 is 10.6 Å². The highest BCUT2D eigenvalue weighted by Gasteiger charge is 2.23. The maximum absolute atomic E-state index is 11.4. The number of carbonyl (C=O) groups is 1. The average Bonchev–Trinajstić information content (AvgIpc) is 2.47. The largest absolute Gasteiger partial charge is 0.363 e. The van der Waals surface area contributed by atoms with Gasteiger partial charge >= 0.3 is 0 Å². The van der Waals surface area contributed by atoms with Crippen molar-refractivity contribution in [3.8, 4) is 0 Å². The number of likely N-dealkylation sites (tertiary alicyclic amines) is 1. The molecule has 0 spiro atoms. The van der Waals surface area contributed by atoms with Gasteiger partial charge in [-0.25, -0.2) is 9.97 Å². The maximum atomic E-state index is 11.4. The number of primary amides is 1. The van der Waals surface area contributed by atoms with Gasteiger partial charge in [0.2, 0.25) is 5.82 Å². The molecule has 1 amide bonds. The van der Waals surface area contributed by atoms with E-state index in [2.05, 4.69) is 21.9 Å². The third kappa shape index (κ3) is 2.36. The molecule has 0 saturated carbocycles. The standard InChI is InChI=1S/C15H18N4O/c1-19-8-6-10(7-9-19)13-11-4-2-3-5-12(11)17-15(18-13)14(16)20/h2-5,10H,6-9H2,1H3,(H2,16,20). The molecule has 1 aliphatic heterocycles. The summed E-state index contributed by atoms with van der Waals surface area (Å²) in [6.07, 6.45) is 2.10. The summed E-state index contributed by atoms with van der Waals surface area (Å²) in [6, 6.07) is 7.82. The molecular formula is C15H18N4O. The molecule has 2 heterocycles. The lowest BCUT2D eigenvalue weighted by atomic mass is 9.91. The van der Waals surface area contributed by atoms with Gasteiger partial charge in [0.05, 0.1) is 11.2 Å². The second-order valence-electron chi connectivity index (χ2n) is 5.39. The van der Waals surface area contributed by atoms with Crippen LogP contribution in [-0.2, 0) is 0 Å². The molecule has 3 rings (SSSR count). The zero-order valence-electron chi connectivity index (χ0n) is 11.5. The van der Waals surface area contributed by atoms with Crippen molar-refractivity contribution in [3.63, 3.8) is 0 Å². The Morgan fingerprint density at radius 3 is 2.65 bits per heavy atom. The van der Waals surface area contributed by atoms with Crippen LogP contribution in [0.1, 0.15) is 35.1 Å². The van der Waals surface area contributed by atoms with Crippen molar-refractivity contribution >= 4 is 16.8 Å². The quantitative estimate of drug-likeness (QED) is 0.898. The number of fused-ring (bicyclic) bond motifs is 1. The van der Waals surface area contributed by atoms with Crippen molar-refractivity contribution in [2.24, 2.45) is 5.73 Å². The number of benzene rings is 1. The molecule has 1 aromatic heterocycles. The van der Waals surface area contributed by atoms with E-state index in [4.69, 9.17) is 5.73 Å². The van der Waals surface area contributed by atoms with Crippen molar-refractivity contribution in [1.29, 1.82) is 0 Å². The van der Waals surface area contributed by atoms with Crippen LogP contribution in [0, 0.1) is 0 Å². The first kappa shape index (κ1) is 13.0. The monoisotopic (exact) mass is 270 g/mol. The van der Waals surface area contributed by atoms with Crippen LogP contribution in [0.2, 0.25) is 0 Å². The van der Waals surface area contributed by atoms with Crippen molar-refractivity contribution in [2.45, 2.75) is 18.8 Å². The first-order chi connectivity index (χ1) is 9.65. The summed E-state index contributed by atoms with van der Waals surface area (Å²) in [5, 5.41) is 1.03. The van der Waals surface area contributed by atoms with Crippen molar-refractivity contribution < 1.29 is 4.79 Å². The summed E-state index contributed by atoms with van der Waals surface area (Å²) in [4.78, 5) is 22.4. The van der Waals surface area contributed by atoms with E-state index in [1.165, 1.54) is 0 Å². The summed E-state index contributed by atoms with van der Waals surface area (Å²) in [6.45, 7) is 2.10. The summed E-state index contributed by atoms with van der Waals surface area (Å²) in [5.74, 6) is -0.0697. The molecule has 1 aromatic carbocycles. The number of para-hydroxylation sites is 1. The highest BCUT2D eigenvalue weighted by atomic mass is 16.1. The summed E-state index contributed by atoms with van der Waals surface area (Å²) in [7, 11) is 2.13. The number of amides is 1. The van der Waals surface area contributed by atoms with Crippen molar-refractivity contribution in [2.75, 3.05) is 20.1 Å². The van der Waals surface area contributed by atoms with Gasteiger partial charge in [0, 0.05) is 11.3 Å². The van der Waals surface area contributed by atoms with Crippen LogP contribution in [0.25, 0.3) is 10.9 Å². The Hall–Kier alpha value is -2.01. The van der Waals surface area contributed by atoms with Crippen LogP contribution in [0.5, 0.6) is 0 Å². The van der Waals surface area contributed by atoms with E-state index in [1.807, 2.05) is 24.3 Å². The highest BCUT2D eigenvalue weighted by Crippen LogP contribution is 2.30. The number of nitrogens with two attached hydrogens (primary N) is 1. The topological polar surface area (TPSA) is 72.1 Å². The number of aromatic nitrogens is 2. The normalized spacial score (nSPS) is 17.4. The molecule has 104 valence electrons. The molecule has 0 unspecified atom stereocenters. The molecule has 0 aliphatic carbocycles. The lowest BCUT2D eigenvalue weighted by molar-refractivity contribution is 0.0990. The van der Waals surface area contributed by atoms with E-state index in [9.17, 15) is 4.79 Å². The minimum absolute atomic E-state index is 0.123. The summed E-state index contributed by atoms with van der Waals surface area (Å²) < 4.78 is 0. The van der Waals surface area contributed by atoms with Gasteiger partial charge in [-0.3, -0.25) is 4.79 Å². The van der Waals surface area contributed by atoms with Crippen LogP contribution < -0.4 is 5.73 Å². The second kappa shape index (κ2) is 5.17. The predicted octanol–water partition coefficient (Wildman–Crippen LogP) is 1.54. The molecule has 1 saturated heterocycles. The average molecular weight is 270 g/mol. The van der Waals surface area contributed by atoms with E-state index >= 15 is 0 Å². The van der Waals surface area contributed by atoms with Crippen LogP contribution in [-0.4, -0.2) is 40.9 Å². The number of hydrogen-bond donors (Lipinski definition) is 1. The molecule has 1 aliphatic rings. The first-order valence-electron chi connectivity index (χ1n) is 6.90. The fourth-order valence-corrected chi connectivity index (χ4v) is 2.80. The molecule has 0 bridgehead atoms. The highest BCUT2D eigenvalue weighted by molar-refractivity contribution is 5.92. The fourth-order valence-electron chi connectivity index (χ4n) is 2.80. The van der Waals surface area contributed by atoms with Crippen molar-refractivity contribution in [1.82, 2.24) is 14.9 Å². The van der Waals surface area contributed by atoms with Gasteiger partial charge in [-0.2, -0.15) is 0 Å². The fraction of sp³-hybridized carbons (Fsp3) is 0.400. The minimum atomic E-state index is -0.565. The molecule has 5 nitrogen and oxygen atoms in total. The van der Waals surface area contributed by atoms with Gasteiger partial charge in [-0.05, 0) is 39.0 Å². The van der Waals surface area contributed by atoms with E-state index in [0.29, 0.717) is 5.92 Å². The molecule has 2 aromatic rings. The minimum Gasteiger partial charge on any atom is -0.363 e. The van der Waals surface area contributed by atoms with E-state index in [0.717, 1.165) is 42.5 Å². The Kier molecular flexibility index (Phi) is 3.36. The molecule has 5 heteroatoms. The zero-order chi connectivity index (χ0) is 14.1. The summed E-state index contributed by atoms with van der Waals surface area (Å²) >= 11 is 0. The van der Waals surface area contributed by atoms with Crippen LogP contribution in [0.15, 0.2) is 24.3 Å². The molecule has 1 fully saturated rings. The molecule has 0 radical (unpaired) electrons. The van der Waals surface area contributed by atoms with Crippen LogP contribution in [0.4, 0.5) is 0 Å². The Morgan fingerprint density at radius 1 is 1.25 bits per heavy atom. The third-order valence-electron chi connectivity index (χ3n) is 3.96. The van der Waals surface area contributed by atoms with E-state index < -0.39 is 5.91 Å². The van der Waals surface area contributed by atoms with Gasteiger partial charge in [-0.15, -0.1) is 0 Å². The molecular weight excluding hydrogens is 252 g/mol. The predicted molar refractivity (Wildman–Crippen MR) is 77.5 cm³/mol. The van der Waals surface area contributed by atoms with Crippen LogP contribution >= 0.6 is 0 Å². The van der Waals surface area contributed by atoms with E-state index in [-0.39, 0.29) is 5.82 Å². The van der Waals surface area contributed by atoms with Gasteiger partial charge in [-0.1, -0.05) is 18.2 Å². The SMILES string of the molecule is CN1CCC(c2nc(C(N)=O)nc3ccccc23)CC1. The molecule has 2 N–H and O–H groups in total. The third-order valence-corrected chi connectivity index (χ3v) is 3.96. The van der Waals surface area contributed by atoms with Gasteiger partial charge in [0.25, 0.3) is 5.91 Å².